The molecule has 0 fully saturated rings. The molecule has 1 aromatic heterocycles. The minimum atomic E-state index is -0.289. The van der Waals surface area contributed by atoms with Gasteiger partial charge in [-0.1, -0.05) is 23.7 Å². The Morgan fingerprint density at radius 1 is 1.10 bits per heavy atom. The van der Waals surface area contributed by atoms with E-state index in [0.29, 0.717) is 27.0 Å². The highest BCUT2D eigenvalue weighted by Crippen LogP contribution is 2.22. The maximum absolute atomic E-state index is 12.3. The molecule has 6 nitrogen and oxygen atoms in total. The molecule has 1 heterocycles. The number of halogens is 1. The fourth-order valence-corrected chi connectivity index (χ4v) is 3.83. The topological polar surface area (TPSA) is 79.8 Å². The molecule has 2 aromatic carbocycles. The Morgan fingerprint density at radius 3 is 2.61 bits per heavy atom. The third-order valence-corrected chi connectivity index (χ3v) is 5.70. The number of ether oxygens (including phenoxy) is 1. The summed E-state index contributed by atoms with van der Waals surface area (Å²) in [4.78, 5) is 25.1. The van der Waals surface area contributed by atoms with Crippen LogP contribution < -0.4 is 15.5 Å². The number of hydrogen-bond acceptors (Lipinski definition) is 5. The lowest BCUT2D eigenvalue weighted by atomic mass is 10.1. The number of anilines is 1. The summed E-state index contributed by atoms with van der Waals surface area (Å²) in [6, 6.07) is 14.3. The Morgan fingerprint density at radius 2 is 1.90 bits per heavy atom. The number of hydrogen-bond donors (Lipinski definition) is 2. The van der Waals surface area contributed by atoms with Crippen molar-refractivity contribution in [2.45, 2.75) is 20.8 Å². The lowest BCUT2D eigenvalue weighted by Gasteiger charge is -2.10. The Balaban J connectivity index is 1.59. The van der Waals surface area contributed by atoms with Gasteiger partial charge >= 0.3 is 0 Å². The standard InChI is InChI=1S/C23H22ClN3O3S/c1-14-9-10-31-22(14)23(29)27-26-16(3)17-5-4-6-19(12-17)25-21(28)13-30-20-8-7-18(24)11-15(20)2/h4-12H,13H2,1-3H3,(H,25,28)(H,27,29). The minimum Gasteiger partial charge on any atom is -0.483 e. The van der Waals surface area contributed by atoms with Gasteiger partial charge in [0.05, 0.1) is 10.6 Å². The van der Waals surface area contributed by atoms with Gasteiger partial charge in [-0.15, -0.1) is 11.3 Å². The third-order valence-electron chi connectivity index (χ3n) is 4.45. The second kappa shape index (κ2) is 10.2. The molecule has 160 valence electrons. The largest absolute Gasteiger partial charge is 0.483 e. The van der Waals surface area contributed by atoms with Crippen molar-refractivity contribution >= 4 is 46.2 Å². The highest BCUT2D eigenvalue weighted by Gasteiger charge is 2.10. The number of benzene rings is 2. The normalized spacial score (nSPS) is 11.2. The van der Waals surface area contributed by atoms with Crippen molar-refractivity contribution in [3.8, 4) is 5.75 Å². The maximum Gasteiger partial charge on any atom is 0.281 e. The number of aryl methyl sites for hydroxylation is 2. The van der Waals surface area contributed by atoms with Crippen molar-refractivity contribution in [3.63, 3.8) is 0 Å². The fourth-order valence-electron chi connectivity index (χ4n) is 2.79. The van der Waals surface area contributed by atoms with E-state index < -0.39 is 0 Å². The molecule has 8 heteroatoms. The van der Waals surface area contributed by atoms with Gasteiger partial charge in [0.2, 0.25) is 0 Å². The summed E-state index contributed by atoms with van der Waals surface area (Å²) >= 11 is 7.30. The first-order valence-electron chi connectivity index (χ1n) is 9.51. The van der Waals surface area contributed by atoms with Gasteiger partial charge in [0.1, 0.15) is 5.75 Å². The van der Waals surface area contributed by atoms with Gasteiger partial charge in [-0.2, -0.15) is 5.10 Å². The van der Waals surface area contributed by atoms with Crippen molar-refractivity contribution < 1.29 is 14.3 Å². The van der Waals surface area contributed by atoms with Crippen LogP contribution in [0.4, 0.5) is 5.69 Å². The zero-order valence-electron chi connectivity index (χ0n) is 17.4. The Kier molecular flexibility index (Phi) is 7.44. The second-order valence-electron chi connectivity index (χ2n) is 6.90. The van der Waals surface area contributed by atoms with Crippen molar-refractivity contribution in [1.29, 1.82) is 0 Å². The highest BCUT2D eigenvalue weighted by atomic mass is 35.5. The van der Waals surface area contributed by atoms with Crippen LogP contribution in [-0.4, -0.2) is 24.1 Å². The molecule has 0 atom stereocenters. The van der Waals surface area contributed by atoms with Crippen molar-refractivity contribution in [1.82, 2.24) is 5.43 Å². The van der Waals surface area contributed by atoms with E-state index in [0.717, 1.165) is 16.7 Å². The van der Waals surface area contributed by atoms with Crippen molar-refractivity contribution in [3.05, 3.63) is 80.5 Å². The Labute approximate surface area is 189 Å². The first-order valence-corrected chi connectivity index (χ1v) is 10.8. The fraction of sp³-hybridized carbons (Fsp3) is 0.174. The molecule has 2 amide bonds. The minimum absolute atomic E-state index is 0.129. The van der Waals surface area contributed by atoms with Gasteiger partial charge < -0.3 is 10.1 Å². The molecular weight excluding hydrogens is 434 g/mol. The molecule has 31 heavy (non-hydrogen) atoms. The van der Waals surface area contributed by atoms with E-state index in [9.17, 15) is 9.59 Å². The van der Waals surface area contributed by atoms with E-state index in [4.69, 9.17) is 16.3 Å². The van der Waals surface area contributed by atoms with Crippen LogP contribution in [0.25, 0.3) is 0 Å². The molecule has 0 aliphatic rings. The highest BCUT2D eigenvalue weighted by molar-refractivity contribution is 7.12. The molecule has 3 aromatic rings. The van der Waals surface area contributed by atoms with E-state index in [-0.39, 0.29) is 18.4 Å². The molecule has 0 aliphatic carbocycles. The van der Waals surface area contributed by atoms with E-state index in [1.807, 2.05) is 31.4 Å². The summed E-state index contributed by atoms with van der Waals surface area (Å²) in [6.07, 6.45) is 0. The van der Waals surface area contributed by atoms with Gasteiger partial charge in [0.25, 0.3) is 11.8 Å². The van der Waals surface area contributed by atoms with Gasteiger partial charge in [-0.05, 0) is 79.2 Å². The summed E-state index contributed by atoms with van der Waals surface area (Å²) in [7, 11) is 0. The van der Waals surface area contributed by atoms with E-state index in [1.54, 1.807) is 43.3 Å². The molecule has 2 N–H and O–H groups in total. The second-order valence-corrected chi connectivity index (χ2v) is 8.25. The maximum atomic E-state index is 12.3. The van der Waals surface area contributed by atoms with E-state index >= 15 is 0 Å². The number of hydrazone groups is 1. The molecule has 0 spiro atoms. The molecule has 0 aliphatic heterocycles. The summed E-state index contributed by atoms with van der Waals surface area (Å²) < 4.78 is 5.57. The summed E-state index contributed by atoms with van der Waals surface area (Å²) in [5, 5.41) is 9.46. The predicted molar refractivity (Wildman–Crippen MR) is 125 cm³/mol. The van der Waals surface area contributed by atoms with E-state index in [1.165, 1.54) is 11.3 Å². The quantitative estimate of drug-likeness (QED) is 0.380. The van der Waals surface area contributed by atoms with Gasteiger partial charge in [-0.25, -0.2) is 5.43 Å². The molecule has 0 saturated carbocycles. The van der Waals surface area contributed by atoms with Crippen LogP contribution in [0.15, 0.2) is 59.0 Å². The average molecular weight is 456 g/mol. The first kappa shape index (κ1) is 22.5. The Hall–Kier alpha value is -3.16. The zero-order valence-corrected chi connectivity index (χ0v) is 18.9. The lowest BCUT2D eigenvalue weighted by Crippen LogP contribution is -2.21. The van der Waals surface area contributed by atoms with Crippen LogP contribution in [0.2, 0.25) is 5.02 Å². The van der Waals surface area contributed by atoms with Crippen LogP contribution >= 0.6 is 22.9 Å². The molecule has 0 radical (unpaired) electrons. The van der Waals surface area contributed by atoms with Crippen molar-refractivity contribution in [2.75, 3.05) is 11.9 Å². The van der Waals surface area contributed by atoms with E-state index in [2.05, 4.69) is 15.8 Å². The zero-order chi connectivity index (χ0) is 22.4. The summed E-state index contributed by atoms with van der Waals surface area (Å²) in [6.45, 7) is 5.40. The third kappa shape index (κ3) is 6.16. The number of nitrogens with one attached hydrogen (secondary N) is 2. The lowest BCUT2D eigenvalue weighted by molar-refractivity contribution is -0.118. The first-order chi connectivity index (χ1) is 14.8. The predicted octanol–water partition coefficient (Wildman–Crippen LogP) is 5.19. The average Bonchev–Trinajstić information content (AvgIpc) is 3.17. The molecule has 0 saturated heterocycles. The van der Waals surface area contributed by atoms with Crippen LogP contribution in [0.5, 0.6) is 5.75 Å². The molecule has 0 unspecified atom stereocenters. The van der Waals surface area contributed by atoms with Crippen LogP contribution in [-0.2, 0) is 4.79 Å². The SMILES string of the molecule is CC(=NNC(=O)c1sccc1C)c1cccc(NC(=O)COc2ccc(Cl)cc2C)c1. The van der Waals surface area contributed by atoms with Gasteiger partial charge in [-0.3, -0.25) is 9.59 Å². The van der Waals surface area contributed by atoms with Gasteiger partial charge in [0, 0.05) is 10.7 Å². The number of carbonyl (C=O) groups is 2. The smallest absolute Gasteiger partial charge is 0.281 e. The molecule has 3 rings (SSSR count). The summed E-state index contributed by atoms with van der Waals surface area (Å²) in [5.74, 6) is 0.0708. The van der Waals surface area contributed by atoms with Gasteiger partial charge in [0.15, 0.2) is 6.61 Å². The van der Waals surface area contributed by atoms with Crippen LogP contribution in [0.3, 0.4) is 0 Å². The van der Waals surface area contributed by atoms with Crippen LogP contribution in [0, 0.1) is 13.8 Å². The Bertz CT molecular complexity index is 1140. The molecule has 0 bridgehead atoms. The monoisotopic (exact) mass is 455 g/mol. The summed E-state index contributed by atoms with van der Waals surface area (Å²) in [5.41, 5.74) is 6.34. The van der Waals surface area contributed by atoms with Crippen molar-refractivity contribution in [2.24, 2.45) is 5.10 Å². The van der Waals surface area contributed by atoms with Crippen LogP contribution in [0.1, 0.15) is 33.3 Å². The number of thiophene rings is 1. The number of amides is 2. The number of carbonyl (C=O) groups excluding carboxylic acids is 2. The number of nitrogens with zero attached hydrogens (tertiary/aromatic N) is 1. The number of rotatable bonds is 7. The molecular formula is C23H22ClN3O3S.